The van der Waals surface area contributed by atoms with Crippen molar-refractivity contribution in [2.75, 3.05) is 4.72 Å². The van der Waals surface area contributed by atoms with Crippen LogP contribution in [0.15, 0.2) is 84.0 Å². The highest BCUT2D eigenvalue weighted by atomic mass is 35.5. The molecule has 2 heterocycles. The van der Waals surface area contributed by atoms with Gasteiger partial charge in [0, 0.05) is 5.02 Å². The molecule has 0 aliphatic carbocycles. The maximum Gasteiger partial charge on any atom is 0.270 e. The third-order valence-electron chi connectivity index (χ3n) is 5.79. The Morgan fingerprint density at radius 1 is 0.943 bits per heavy atom. The predicted molar refractivity (Wildman–Crippen MR) is 138 cm³/mol. The van der Waals surface area contributed by atoms with Gasteiger partial charge in [0.15, 0.2) is 11.0 Å². The van der Waals surface area contributed by atoms with Crippen LogP contribution in [0.3, 0.4) is 0 Å². The molecule has 0 fully saturated rings. The van der Waals surface area contributed by atoms with Gasteiger partial charge < -0.3 is 0 Å². The average molecular weight is 507 g/mol. The largest absolute Gasteiger partial charge is 0.270 e. The molecule has 5 aromatic rings. The number of fused-ring (bicyclic) bond motifs is 2. The fourth-order valence-electron chi connectivity index (χ4n) is 3.95. The van der Waals surface area contributed by atoms with Gasteiger partial charge in [-0.25, -0.2) is 23.0 Å². The molecule has 3 aromatic carbocycles. The van der Waals surface area contributed by atoms with Gasteiger partial charge in [-0.05, 0) is 60.9 Å². The Morgan fingerprint density at radius 2 is 1.60 bits per heavy atom. The quantitative estimate of drug-likeness (QED) is 0.301. The van der Waals surface area contributed by atoms with Gasteiger partial charge in [0.25, 0.3) is 22.2 Å². The summed E-state index contributed by atoms with van der Waals surface area (Å²) in [6, 6.07) is 21.4. The molecule has 0 bridgehead atoms. The van der Waals surface area contributed by atoms with Gasteiger partial charge in [0.05, 0.1) is 22.5 Å². The van der Waals surface area contributed by atoms with Crippen molar-refractivity contribution in [1.82, 2.24) is 14.5 Å². The maximum atomic E-state index is 13.2. The summed E-state index contributed by atoms with van der Waals surface area (Å²) in [6.45, 7) is 5.22. The highest BCUT2D eigenvalue weighted by Crippen LogP contribution is 2.26. The second kappa shape index (κ2) is 9.28. The third-order valence-corrected chi connectivity index (χ3v) is 7.40. The number of nitrogens with one attached hydrogen (secondary N) is 1. The van der Waals surface area contributed by atoms with E-state index in [1.54, 1.807) is 12.1 Å². The van der Waals surface area contributed by atoms with E-state index in [1.165, 1.54) is 12.1 Å². The van der Waals surface area contributed by atoms with Crippen LogP contribution in [-0.4, -0.2) is 23.0 Å². The first-order valence-electron chi connectivity index (χ1n) is 11.4. The van der Waals surface area contributed by atoms with Crippen molar-refractivity contribution >= 4 is 49.5 Å². The van der Waals surface area contributed by atoms with Gasteiger partial charge in [-0.2, -0.15) is 4.57 Å². The summed E-state index contributed by atoms with van der Waals surface area (Å²) in [5, 5.41) is 0.458. The number of anilines is 1. The lowest BCUT2D eigenvalue weighted by molar-refractivity contribution is -0.673. The van der Waals surface area contributed by atoms with Crippen molar-refractivity contribution in [2.45, 2.75) is 31.7 Å². The Kier molecular flexibility index (Phi) is 6.17. The number of hydrogen-bond acceptors (Lipinski definition) is 4. The van der Waals surface area contributed by atoms with E-state index >= 15 is 0 Å². The normalized spacial score (nSPS) is 12.0. The van der Waals surface area contributed by atoms with Crippen LogP contribution < -0.4 is 9.29 Å². The Morgan fingerprint density at radius 3 is 2.31 bits per heavy atom. The van der Waals surface area contributed by atoms with Crippen LogP contribution in [0.4, 0.5) is 5.82 Å². The van der Waals surface area contributed by atoms with Crippen molar-refractivity contribution < 1.29 is 13.0 Å². The highest BCUT2D eigenvalue weighted by Gasteiger charge is 2.26. The summed E-state index contributed by atoms with van der Waals surface area (Å²) in [6.07, 6.45) is 2.98. The van der Waals surface area contributed by atoms with Crippen LogP contribution in [0.1, 0.15) is 20.3 Å². The molecule has 0 atom stereocenters. The van der Waals surface area contributed by atoms with E-state index < -0.39 is 10.0 Å². The molecule has 0 radical (unpaired) electrons. The van der Waals surface area contributed by atoms with Crippen molar-refractivity contribution in [2.24, 2.45) is 5.92 Å². The van der Waals surface area contributed by atoms with E-state index in [-0.39, 0.29) is 10.7 Å². The number of halogens is 1. The number of para-hydroxylation sites is 4. The molecule has 0 aliphatic rings. The van der Waals surface area contributed by atoms with E-state index in [4.69, 9.17) is 16.6 Å². The van der Waals surface area contributed by atoms with Gasteiger partial charge in [0.1, 0.15) is 0 Å². The van der Waals surface area contributed by atoms with Crippen molar-refractivity contribution in [3.8, 4) is 5.82 Å². The second-order valence-electron chi connectivity index (χ2n) is 8.79. The number of hydrogen-bond donors (Lipinski definition) is 1. The summed E-state index contributed by atoms with van der Waals surface area (Å²) in [5.41, 5.74) is 3.21. The number of sulfonamides is 1. The number of aromatic nitrogens is 4. The van der Waals surface area contributed by atoms with Crippen molar-refractivity contribution in [3.63, 3.8) is 0 Å². The molecule has 35 heavy (non-hydrogen) atoms. The standard InChI is InChI=1S/C26H25ClN5O2S/c1-18(2)15-16-31-17-32(24-10-6-5-9-23(24)31)26-25(28-21-7-3-4-8-22(21)29-26)30-35(33,34)20-13-11-19(27)12-14-20/h3-14,17-18H,15-16H2,1-2H3,(H,28,30)/q+1. The number of aryl methyl sites for hydroxylation is 1. The summed E-state index contributed by atoms with van der Waals surface area (Å²) >= 11 is 5.95. The van der Waals surface area contributed by atoms with Crippen LogP contribution >= 0.6 is 11.6 Å². The highest BCUT2D eigenvalue weighted by molar-refractivity contribution is 7.92. The number of imidazole rings is 1. The molecule has 2 aromatic heterocycles. The zero-order valence-corrected chi connectivity index (χ0v) is 21.0. The van der Waals surface area contributed by atoms with E-state index in [0.717, 1.165) is 24.0 Å². The van der Waals surface area contributed by atoms with Crippen LogP contribution in [0.5, 0.6) is 0 Å². The number of nitrogens with zero attached hydrogens (tertiary/aromatic N) is 4. The number of benzene rings is 3. The number of rotatable bonds is 7. The minimum Gasteiger partial charge on any atom is -0.258 e. The van der Waals surface area contributed by atoms with E-state index in [0.29, 0.717) is 27.8 Å². The molecule has 0 saturated heterocycles. The molecular formula is C26H25ClN5O2S+. The fraction of sp³-hybridized carbons (Fsp3) is 0.192. The second-order valence-corrected chi connectivity index (χ2v) is 10.9. The van der Waals surface area contributed by atoms with Crippen LogP contribution in [-0.2, 0) is 16.6 Å². The smallest absolute Gasteiger partial charge is 0.258 e. The van der Waals surface area contributed by atoms with Crippen molar-refractivity contribution in [3.05, 3.63) is 84.1 Å². The van der Waals surface area contributed by atoms with Crippen molar-refractivity contribution in [1.29, 1.82) is 0 Å². The molecule has 0 unspecified atom stereocenters. The molecule has 0 aliphatic heterocycles. The topological polar surface area (TPSA) is 80.8 Å². The Balaban J connectivity index is 1.69. The zero-order chi connectivity index (χ0) is 24.6. The maximum absolute atomic E-state index is 13.2. The molecule has 0 amide bonds. The Bertz CT molecular complexity index is 1630. The lowest BCUT2D eigenvalue weighted by Gasteiger charge is -2.11. The van der Waals surface area contributed by atoms with Crippen LogP contribution in [0.25, 0.3) is 27.9 Å². The molecule has 5 rings (SSSR count). The molecule has 178 valence electrons. The zero-order valence-electron chi connectivity index (χ0n) is 19.4. The Hall–Kier alpha value is -3.49. The molecule has 7 nitrogen and oxygen atoms in total. The van der Waals surface area contributed by atoms with Gasteiger partial charge in [-0.15, -0.1) is 0 Å². The van der Waals surface area contributed by atoms with Crippen LogP contribution in [0, 0.1) is 5.92 Å². The lowest BCUT2D eigenvalue weighted by atomic mass is 10.1. The fourth-order valence-corrected chi connectivity index (χ4v) is 5.08. The van der Waals surface area contributed by atoms with Gasteiger partial charge >= 0.3 is 0 Å². The van der Waals surface area contributed by atoms with E-state index in [1.807, 2.05) is 53.4 Å². The van der Waals surface area contributed by atoms with Gasteiger partial charge in [-0.3, -0.25) is 4.72 Å². The van der Waals surface area contributed by atoms with E-state index in [2.05, 4.69) is 34.2 Å². The predicted octanol–water partition coefficient (Wildman–Crippen LogP) is 5.36. The first kappa shape index (κ1) is 23.3. The monoisotopic (exact) mass is 506 g/mol. The van der Waals surface area contributed by atoms with Gasteiger partial charge in [0.2, 0.25) is 5.82 Å². The van der Waals surface area contributed by atoms with Gasteiger partial charge in [-0.1, -0.05) is 49.7 Å². The minimum atomic E-state index is -3.93. The summed E-state index contributed by atoms with van der Waals surface area (Å²) < 4.78 is 33.2. The summed E-state index contributed by atoms with van der Waals surface area (Å²) in [4.78, 5) is 9.59. The lowest BCUT2D eigenvalue weighted by Crippen LogP contribution is -2.33. The summed E-state index contributed by atoms with van der Waals surface area (Å²) in [5.74, 6) is 1.10. The SMILES string of the molecule is CC(C)CC[n+]1cn(-c2nc3ccccc3nc2NS(=O)(=O)c2ccc(Cl)cc2)c2ccccc21. The third kappa shape index (κ3) is 4.72. The molecular weight excluding hydrogens is 482 g/mol. The average Bonchev–Trinajstić information content (AvgIpc) is 3.21. The molecule has 9 heteroatoms. The van der Waals surface area contributed by atoms with Crippen LogP contribution in [0.2, 0.25) is 5.02 Å². The first-order chi connectivity index (χ1) is 16.8. The van der Waals surface area contributed by atoms with E-state index in [9.17, 15) is 8.42 Å². The summed E-state index contributed by atoms with van der Waals surface area (Å²) in [7, 11) is -3.93. The molecule has 1 N–H and O–H groups in total. The Labute approximate surface area is 209 Å². The minimum absolute atomic E-state index is 0.0900. The molecule has 0 saturated carbocycles. The molecule has 0 spiro atoms. The first-order valence-corrected chi connectivity index (χ1v) is 13.2.